The number of nitrogens with one attached hydrogen (secondary N) is 1. The van der Waals surface area contributed by atoms with Crippen LogP contribution in [0, 0.1) is 0 Å². The first-order valence-corrected chi connectivity index (χ1v) is 6.60. The number of rotatable bonds is 2. The molecule has 0 aromatic heterocycles. The predicted octanol–water partition coefficient (Wildman–Crippen LogP) is 3.67. The van der Waals surface area contributed by atoms with Crippen molar-refractivity contribution in [1.29, 1.82) is 0 Å². The molecule has 1 aromatic rings. The fraction of sp³-hybridized carbons (Fsp3) is 0.500. The first-order valence-electron chi connectivity index (χ1n) is 6.22. The first-order chi connectivity index (χ1) is 8.70. The number of ether oxygens (including phenoxy) is 1. The summed E-state index contributed by atoms with van der Waals surface area (Å²) in [5, 5.41) is 13.3. The summed E-state index contributed by atoms with van der Waals surface area (Å²) < 4.78 is 5.19. The maximum absolute atomic E-state index is 11.8. The minimum atomic E-state index is -0.838. The number of benzene rings is 1. The molecule has 0 aliphatic heterocycles. The fourth-order valence-electron chi connectivity index (χ4n) is 1.83. The molecule has 0 heterocycles. The monoisotopic (exact) mass is 283 g/mol. The topological polar surface area (TPSA) is 58.6 Å². The van der Waals surface area contributed by atoms with Crippen LogP contribution < -0.4 is 5.32 Å². The minimum absolute atomic E-state index is 0.499. The van der Waals surface area contributed by atoms with E-state index in [2.05, 4.69) is 5.32 Å². The molecule has 4 nitrogen and oxygen atoms in total. The number of hydrogen-bond acceptors (Lipinski definition) is 3. The lowest BCUT2D eigenvalue weighted by Crippen LogP contribution is -2.28. The molecule has 2 N–H and O–H groups in total. The zero-order chi connectivity index (χ0) is 14.3. The van der Waals surface area contributed by atoms with Crippen molar-refractivity contribution in [3.63, 3.8) is 0 Å². The molecule has 1 amide bonds. The van der Waals surface area contributed by atoms with Crippen LogP contribution in [0.15, 0.2) is 18.2 Å². The normalized spacial score (nSPS) is 16.9. The molecular formula is C14H18ClNO3. The third kappa shape index (κ3) is 3.61. The molecule has 1 aliphatic carbocycles. The van der Waals surface area contributed by atoms with Gasteiger partial charge in [0.2, 0.25) is 0 Å². The van der Waals surface area contributed by atoms with Gasteiger partial charge in [0.15, 0.2) is 0 Å². The number of anilines is 1. The van der Waals surface area contributed by atoms with Crippen molar-refractivity contribution in [2.45, 2.75) is 44.8 Å². The molecule has 0 radical (unpaired) electrons. The average Bonchev–Trinajstić information content (AvgIpc) is 2.94. The number of carbonyl (C=O) groups excluding carboxylic acids is 1. The van der Waals surface area contributed by atoms with E-state index >= 15 is 0 Å². The number of carbonyl (C=O) groups is 1. The second kappa shape index (κ2) is 4.69. The Kier molecular flexibility index (Phi) is 3.49. The summed E-state index contributed by atoms with van der Waals surface area (Å²) in [5.74, 6) is 0. The van der Waals surface area contributed by atoms with Gasteiger partial charge in [-0.05, 0) is 45.7 Å². The van der Waals surface area contributed by atoms with Crippen LogP contribution in [0.4, 0.5) is 10.5 Å². The van der Waals surface area contributed by atoms with Crippen molar-refractivity contribution in [3.05, 3.63) is 28.8 Å². The molecule has 5 heteroatoms. The van der Waals surface area contributed by atoms with Crippen molar-refractivity contribution >= 4 is 23.4 Å². The Balaban J connectivity index is 2.20. The summed E-state index contributed by atoms with van der Waals surface area (Å²) >= 11 is 5.93. The summed E-state index contributed by atoms with van der Waals surface area (Å²) in [5.41, 5.74) is -0.224. The Morgan fingerprint density at radius 3 is 2.58 bits per heavy atom. The van der Waals surface area contributed by atoms with Gasteiger partial charge in [0.25, 0.3) is 0 Å². The van der Waals surface area contributed by atoms with Crippen LogP contribution in [-0.2, 0) is 10.3 Å². The third-order valence-electron chi connectivity index (χ3n) is 2.84. The number of aliphatic hydroxyl groups is 1. The number of amides is 1. The largest absolute Gasteiger partial charge is 0.444 e. The van der Waals surface area contributed by atoms with Gasteiger partial charge >= 0.3 is 6.09 Å². The molecule has 0 atom stereocenters. The molecule has 0 bridgehead atoms. The molecule has 2 rings (SSSR count). The van der Waals surface area contributed by atoms with Crippen LogP contribution in [0.25, 0.3) is 0 Å². The van der Waals surface area contributed by atoms with Gasteiger partial charge in [0.1, 0.15) is 5.60 Å². The molecule has 1 aromatic carbocycles. The highest BCUT2D eigenvalue weighted by molar-refractivity contribution is 6.31. The highest BCUT2D eigenvalue weighted by atomic mass is 35.5. The Hall–Kier alpha value is -1.26. The Labute approximate surface area is 117 Å². The molecule has 19 heavy (non-hydrogen) atoms. The summed E-state index contributed by atoms with van der Waals surface area (Å²) in [6.07, 6.45) is 0.829. The SMILES string of the molecule is CC(C)(C)OC(=O)Nc1cc(Cl)ccc1C1(O)CC1. The van der Waals surface area contributed by atoms with E-state index in [1.807, 2.05) is 0 Å². The summed E-state index contributed by atoms with van der Waals surface area (Å²) in [6, 6.07) is 5.06. The molecular weight excluding hydrogens is 266 g/mol. The Bertz CT molecular complexity index is 504. The van der Waals surface area contributed by atoms with E-state index < -0.39 is 17.3 Å². The lowest BCUT2D eigenvalue weighted by Gasteiger charge is -2.21. The summed E-state index contributed by atoms with van der Waals surface area (Å²) in [4.78, 5) is 11.8. The van der Waals surface area contributed by atoms with Gasteiger partial charge in [0.05, 0.1) is 11.3 Å². The van der Waals surface area contributed by atoms with Gasteiger partial charge in [0, 0.05) is 10.6 Å². The quantitative estimate of drug-likeness (QED) is 0.871. The van der Waals surface area contributed by atoms with E-state index in [-0.39, 0.29) is 0 Å². The first kappa shape index (κ1) is 14.2. The molecule has 1 aliphatic rings. The van der Waals surface area contributed by atoms with E-state index in [1.165, 1.54) is 0 Å². The van der Waals surface area contributed by atoms with Gasteiger partial charge in [-0.1, -0.05) is 17.7 Å². The van der Waals surface area contributed by atoms with Crippen molar-refractivity contribution in [3.8, 4) is 0 Å². The second-order valence-corrected chi connectivity index (χ2v) is 6.28. The van der Waals surface area contributed by atoms with Gasteiger partial charge in [-0.3, -0.25) is 5.32 Å². The molecule has 0 saturated heterocycles. The van der Waals surface area contributed by atoms with Crippen LogP contribution in [0.3, 0.4) is 0 Å². The lowest BCUT2D eigenvalue weighted by atomic mass is 10.1. The zero-order valence-corrected chi connectivity index (χ0v) is 12.0. The Morgan fingerprint density at radius 1 is 1.42 bits per heavy atom. The van der Waals surface area contributed by atoms with Crippen LogP contribution >= 0.6 is 11.6 Å². The number of halogens is 1. The fourth-order valence-corrected chi connectivity index (χ4v) is 2.00. The lowest BCUT2D eigenvalue weighted by molar-refractivity contribution is 0.0635. The second-order valence-electron chi connectivity index (χ2n) is 5.85. The smallest absolute Gasteiger partial charge is 0.412 e. The van der Waals surface area contributed by atoms with Crippen LogP contribution in [0.2, 0.25) is 5.02 Å². The zero-order valence-electron chi connectivity index (χ0n) is 11.3. The van der Waals surface area contributed by atoms with Crippen LogP contribution in [-0.4, -0.2) is 16.8 Å². The highest BCUT2D eigenvalue weighted by Gasteiger charge is 2.44. The molecule has 0 spiro atoms. The predicted molar refractivity (Wildman–Crippen MR) is 74.4 cm³/mol. The van der Waals surface area contributed by atoms with Crippen molar-refractivity contribution in [2.75, 3.05) is 5.32 Å². The van der Waals surface area contributed by atoms with E-state index in [0.717, 1.165) is 0 Å². The third-order valence-corrected chi connectivity index (χ3v) is 3.08. The van der Waals surface area contributed by atoms with Gasteiger partial charge in [-0.25, -0.2) is 4.79 Å². The molecule has 0 unspecified atom stereocenters. The summed E-state index contributed by atoms with van der Waals surface area (Å²) in [6.45, 7) is 5.37. The maximum atomic E-state index is 11.8. The highest BCUT2D eigenvalue weighted by Crippen LogP contribution is 2.48. The standard InChI is InChI=1S/C14H18ClNO3/c1-13(2,3)19-12(17)16-11-8-9(15)4-5-10(11)14(18)6-7-14/h4-5,8,18H,6-7H2,1-3H3,(H,16,17). The van der Waals surface area contributed by atoms with E-state index in [0.29, 0.717) is 29.1 Å². The number of hydrogen-bond donors (Lipinski definition) is 2. The van der Waals surface area contributed by atoms with Crippen molar-refractivity contribution in [1.82, 2.24) is 0 Å². The van der Waals surface area contributed by atoms with Gasteiger partial charge in [-0.2, -0.15) is 0 Å². The van der Waals surface area contributed by atoms with Gasteiger partial charge in [-0.15, -0.1) is 0 Å². The molecule has 1 saturated carbocycles. The van der Waals surface area contributed by atoms with Crippen molar-refractivity contribution < 1.29 is 14.6 Å². The Morgan fingerprint density at radius 2 is 2.05 bits per heavy atom. The van der Waals surface area contributed by atoms with E-state index in [1.54, 1.807) is 39.0 Å². The molecule has 1 fully saturated rings. The summed E-state index contributed by atoms with van der Waals surface area (Å²) in [7, 11) is 0. The van der Waals surface area contributed by atoms with E-state index in [9.17, 15) is 9.90 Å². The van der Waals surface area contributed by atoms with Gasteiger partial charge < -0.3 is 9.84 Å². The van der Waals surface area contributed by atoms with Crippen LogP contribution in [0.5, 0.6) is 0 Å². The average molecular weight is 284 g/mol. The van der Waals surface area contributed by atoms with Crippen LogP contribution in [0.1, 0.15) is 39.2 Å². The maximum Gasteiger partial charge on any atom is 0.412 e. The van der Waals surface area contributed by atoms with E-state index in [4.69, 9.17) is 16.3 Å². The van der Waals surface area contributed by atoms with Crippen molar-refractivity contribution in [2.24, 2.45) is 0 Å². The minimum Gasteiger partial charge on any atom is -0.444 e. The molecule has 104 valence electrons.